The fourth-order valence-electron chi connectivity index (χ4n) is 14.5. The molecule has 0 aliphatic rings. The first-order valence-corrected chi connectivity index (χ1v) is 36.6. The Morgan fingerprint density at radius 3 is 1.29 bits per heavy atom. The molecule has 2 heterocycles. The second-order valence-corrected chi connectivity index (χ2v) is 27.8. The van der Waals surface area contributed by atoms with E-state index in [4.69, 9.17) is 4.42 Å². The number of unbranched alkanes of at least 4 members (excludes halogenated alkanes) is 20. The minimum absolute atomic E-state index is 0.953. The van der Waals surface area contributed by atoms with Crippen LogP contribution in [0.1, 0.15) is 215 Å². The van der Waals surface area contributed by atoms with E-state index in [1.54, 1.807) is 0 Å². The van der Waals surface area contributed by atoms with E-state index in [1.807, 2.05) is 11.3 Å². The number of rotatable bonds is 34. The van der Waals surface area contributed by atoms with E-state index >= 15 is 0 Å². The number of thiophene rings is 1. The Labute approximate surface area is 545 Å². The van der Waals surface area contributed by atoms with Gasteiger partial charge in [-0.3, -0.25) is 0 Å². The molecule has 0 spiro atoms. The monoisotopic (exact) mass is 1210 g/mol. The molecule has 2 aromatic heterocycles. The molecule has 0 atom stereocenters. The number of para-hydroxylation sites is 1. The van der Waals surface area contributed by atoms with E-state index in [1.165, 1.54) is 285 Å². The van der Waals surface area contributed by atoms with E-state index < -0.39 is 0 Å². The molecule has 90 heavy (non-hydrogen) atoms. The van der Waals surface area contributed by atoms with Crippen molar-refractivity contribution in [3.05, 3.63) is 203 Å². The summed E-state index contributed by atoms with van der Waals surface area (Å²) in [5.74, 6) is 0. The number of hydrogen-bond acceptors (Lipinski definition) is 2. The Hall–Kier alpha value is -7.00. The van der Waals surface area contributed by atoms with Gasteiger partial charge < -0.3 is 4.42 Å². The summed E-state index contributed by atoms with van der Waals surface area (Å²) < 4.78 is 9.06. The van der Waals surface area contributed by atoms with Crippen LogP contribution in [0.4, 0.5) is 0 Å². The van der Waals surface area contributed by atoms with Crippen LogP contribution in [0.2, 0.25) is 0 Å². The fourth-order valence-corrected chi connectivity index (χ4v) is 15.6. The van der Waals surface area contributed by atoms with E-state index in [9.17, 15) is 0 Å². The summed E-state index contributed by atoms with van der Waals surface area (Å²) in [6, 6.07) is 66.7. The largest absolute Gasteiger partial charge is 0.456 e. The van der Waals surface area contributed by atoms with Crippen molar-refractivity contribution >= 4 is 53.4 Å². The lowest BCUT2D eigenvalue weighted by atomic mass is 9.83. The first kappa shape index (κ1) is 64.5. The van der Waals surface area contributed by atoms with E-state index in [0.717, 1.165) is 36.8 Å². The maximum absolute atomic E-state index is 6.46. The van der Waals surface area contributed by atoms with Crippen molar-refractivity contribution in [3.8, 4) is 66.8 Å². The Bertz CT molecular complexity index is 4120. The molecule has 2 heteroatoms. The van der Waals surface area contributed by atoms with Gasteiger partial charge in [0.1, 0.15) is 11.2 Å². The van der Waals surface area contributed by atoms with Crippen LogP contribution in [0.25, 0.3) is 109 Å². The Morgan fingerprint density at radius 1 is 0.267 bits per heavy atom. The molecule has 11 aromatic rings. The molecule has 0 fully saturated rings. The maximum Gasteiger partial charge on any atom is 0.136 e. The first-order chi connectivity index (χ1) is 44.3. The van der Waals surface area contributed by atoms with Crippen molar-refractivity contribution in [1.29, 1.82) is 0 Å². The zero-order valence-corrected chi connectivity index (χ0v) is 56.6. The van der Waals surface area contributed by atoms with Gasteiger partial charge in [-0.1, -0.05) is 277 Å². The Balaban J connectivity index is 1.10. The lowest BCUT2D eigenvalue weighted by Crippen LogP contribution is -2.01. The number of fused-ring (bicyclic) bond motifs is 6. The normalized spacial score (nSPS) is 11.8. The molecule has 466 valence electrons. The summed E-state index contributed by atoms with van der Waals surface area (Å²) in [7, 11) is 0. The number of hydrogen-bond donors (Lipinski definition) is 0. The molecule has 0 bridgehead atoms. The Morgan fingerprint density at radius 2 is 0.711 bits per heavy atom. The van der Waals surface area contributed by atoms with Gasteiger partial charge in [0.05, 0.1) is 0 Å². The van der Waals surface area contributed by atoms with Gasteiger partial charge in [-0.05, 0) is 214 Å². The van der Waals surface area contributed by atoms with Crippen molar-refractivity contribution < 1.29 is 4.42 Å². The molecule has 1 nitrogen and oxygen atoms in total. The quantitative estimate of drug-likeness (QED) is 0.0367. The van der Waals surface area contributed by atoms with Crippen molar-refractivity contribution in [2.75, 3.05) is 0 Å². The van der Waals surface area contributed by atoms with Crippen molar-refractivity contribution in [1.82, 2.24) is 0 Å². The third kappa shape index (κ3) is 16.0. The summed E-state index contributed by atoms with van der Waals surface area (Å²) in [4.78, 5) is 0. The lowest BCUT2D eigenvalue weighted by molar-refractivity contribution is 0.605. The second kappa shape index (κ2) is 32.3. The summed E-state index contributed by atoms with van der Waals surface area (Å²) in [6.45, 7) is 13.9. The molecule has 0 amide bonds. The summed E-state index contributed by atoms with van der Waals surface area (Å²) in [6.07, 6.45) is 35.3. The molecule has 0 aliphatic carbocycles. The van der Waals surface area contributed by atoms with Crippen LogP contribution >= 0.6 is 11.3 Å². The molecule has 0 saturated heterocycles. The summed E-state index contributed by atoms with van der Waals surface area (Å²) in [5.41, 5.74) is 26.7. The summed E-state index contributed by atoms with van der Waals surface area (Å²) >= 11 is 1.89. The van der Waals surface area contributed by atoms with Crippen LogP contribution in [0.3, 0.4) is 0 Å². The van der Waals surface area contributed by atoms with Gasteiger partial charge in [-0.25, -0.2) is 0 Å². The van der Waals surface area contributed by atoms with Crippen LogP contribution in [0.5, 0.6) is 0 Å². The lowest BCUT2D eigenvalue weighted by Gasteiger charge is -2.21. The van der Waals surface area contributed by atoms with Gasteiger partial charge in [-0.2, -0.15) is 0 Å². The highest BCUT2D eigenvalue weighted by molar-refractivity contribution is 7.25. The van der Waals surface area contributed by atoms with Crippen LogP contribution in [0.15, 0.2) is 174 Å². The smallest absolute Gasteiger partial charge is 0.136 e. The summed E-state index contributed by atoms with van der Waals surface area (Å²) in [5, 5.41) is 5.01. The molecule has 0 N–H and O–H groups in total. The van der Waals surface area contributed by atoms with Crippen LogP contribution in [-0.2, 0) is 25.7 Å². The zero-order chi connectivity index (χ0) is 62.0. The van der Waals surface area contributed by atoms with Crippen molar-refractivity contribution in [3.63, 3.8) is 0 Å². The molecule has 9 aromatic carbocycles. The fraction of sp³-hybridized carbons (Fsp3) is 0.386. The second-order valence-electron chi connectivity index (χ2n) is 26.7. The average Bonchev–Trinajstić information content (AvgIpc) is 1.56. The van der Waals surface area contributed by atoms with Crippen LogP contribution in [-0.4, -0.2) is 0 Å². The molecule has 0 saturated carbocycles. The van der Waals surface area contributed by atoms with Crippen molar-refractivity contribution in [2.24, 2.45) is 0 Å². The SMILES string of the molecule is CCCCCCCCc1cc(-c2cc(-c3ccc4sc5cc6oc7ccccc7c6cc5c4c3)cc(-c3cc(CCCCCCCC)c(-c4cccc(-c5ccccc5-c5cccc(C)c5)c4)cc3CCCCCCCC)c2)c(CCCCCCCC)cc1C. The van der Waals surface area contributed by atoms with E-state index in [0.29, 0.717) is 0 Å². The molecular formula is C88H102OS. The predicted molar refractivity (Wildman–Crippen MR) is 397 cm³/mol. The van der Waals surface area contributed by atoms with E-state index in [2.05, 4.69) is 211 Å². The van der Waals surface area contributed by atoms with Crippen LogP contribution in [0, 0.1) is 13.8 Å². The minimum atomic E-state index is 0.953. The first-order valence-electron chi connectivity index (χ1n) is 35.8. The van der Waals surface area contributed by atoms with Gasteiger partial charge in [0.15, 0.2) is 0 Å². The molecule has 11 rings (SSSR count). The van der Waals surface area contributed by atoms with Gasteiger partial charge >= 0.3 is 0 Å². The molecule has 0 aliphatic heterocycles. The van der Waals surface area contributed by atoms with Gasteiger partial charge in [0, 0.05) is 30.9 Å². The third-order valence-electron chi connectivity index (χ3n) is 19.7. The minimum Gasteiger partial charge on any atom is -0.456 e. The molecule has 0 radical (unpaired) electrons. The van der Waals surface area contributed by atoms with Gasteiger partial charge in [0.25, 0.3) is 0 Å². The number of furan rings is 1. The average molecular weight is 1210 g/mol. The topological polar surface area (TPSA) is 13.1 Å². The van der Waals surface area contributed by atoms with Crippen molar-refractivity contribution in [2.45, 2.75) is 221 Å². The predicted octanol–water partition coefficient (Wildman–Crippen LogP) is 28.2. The highest BCUT2D eigenvalue weighted by Gasteiger charge is 2.21. The Kier molecular flexibility index (Phi) is 23.2. The zero-order valence-electron chi connectivity index (χ0n) is 55.8. The third-order valence-corrected chi connectivity index (χ3v) is 20.8. The maximum atomic E-state index is 6.46. The van der Waals surface area contributed by atoms with E-state index in [-0.39, 0.29) is 0 Å². The molecular weight excluding hydrogens is 1110 g/mol. The highest BCUT2D eigenvalue weighted by Crippen LogP contribution is 2.45. The highest BCUT2D eigenvalue weighted by atomic mass is 32.1. The standard InChI is InChI=1S/C88H102OS/c1-7-11-15-19-23-27-38-65-57-80(68(52-64(65)6)39-28-24-20-16-12-8-2)74-54-73(66-49-50-87-83(58-66)84-61-82-78-47-33-34-48-85(78)89-86(82)62-88(84)90-87)55-75(56-74)81-60-71(40-29-25-21-17-13-9-3)79(59-72(81)41-30-26-22-18-14-10-4)70-44-36-43-69(53-70)77-46-32-31-45-76(77)67-42-35-37-63(5)51-67/h31-37,42-62H,7-30,38-41H2,1-6H3. The van der Waals surface area contributed by atoms with Gasteiger partial charge in [0.2, 0.25) is 0 Å². The number of benzene rings is 9. The molecule has 0 unspecified atom stereocenters. The van der Waals surface area contributed by atoms with Gasteiger partial charge in [-0.15, -0.1) is 11.3 Å². The van der Waals surface area contributed by atoms with Crippen LogP contribution < -0.4 is 0 Å². The number of aryl methyl sites for hydroxylation is 6.